The molecule has 0 aliphatic carbocycles. The van der Waals surface area contributed by atoms with Crippen LogP contribution < -0.4 is 15.1 Å². The summed E-state index contributed by atoms with van der Waals surface area (Å²) < 4.78 is 0. The van der Waals surface area contributed by atoms with E-state index in [1.165, 1.54) is 6.33 Å². The lowest BCUT2D eigenvalue weighted by atomic mass is 10.2. The van der Waals surface area contributed by atoms with Crippen LogP contribution >= 0.6 is 0 Å². The Bertz CT molecular complexity index is 913. The summed E-state index contributed by atoms with van der Waals surface area (Å²) in [6.45, 7) is 3.55. The second kappa shape index (κ2) is 8.38. The molecule has 0 radical (unpaired) electrons. The molecule has 9 nitrogen and oxygen atoms in total. The molecule has 0 spiro atoms. The van der Waals surface area contributed by atoms with E-state index >= 15 is 0 Å². The molecule has 142 valence electrons. The molecule has 3 aromatic heterocycles. The van der Waals surface area contributed by atoms with Gasteiger partial charge in [-0.05, 0) is 23.8 Å². The number of nitrogens with zero attached hydrogens (tertiary/aromatic N) is 7. The number of anilines is 2. The highest BCUT2D eigenvalue weighted by Gasteiger charge is 2.20. The van der Waals surface area contributed by atoms with Crippen LogP contribution in [0.25, 0.3) is 0 Å². The lowest BCUT2D eigenvalue weighted by Gasteiger charge is -2.35. The van der Waals surface area contributed by atoms with Gasteiger partial charge in [0.15, 0.2) is 0 Å². The Labute approximate surface area is 162 Å². The van der Waals surface area contributed by atoms with Crippen LogP contribution in [0.2, 0.25) is 0 Å². The molecule has 1 aliphatic heterocycles. The van der Waals surface area contributed by atoms with Crippen molar-refractivity contribution in [2.24, 2.45) is 0 Å². The number of nitrogens with one attached hydrogen (secondary N) is 1. The van der Waals surface area contributed by atoms with Gasteiger partial charge in [0.25, 0.3) is 5.91 Å². The number of amides is 1. The molecule has 1 fully saturated rings. The number of piperazine rings is 1. The van der Waals surface area contributed by atoms with Crippen molar-refractivity contribution < 1.29 is 4.79 Å². The Morgan fingerprint density at radius 3 is 2.39 bits per heavy atom. The van der Waals surface area contributed by atoms with Gasteiger partial charge in [0, 0.05) is 63.6 Å². The fourth-order valence-electron chi connectivity index (χ4n) is 3.01. The SMILES string of the molecule is O=C(NCc1ccncc1)c1cc(N2CCN(c3ncccn3)CC2)ncn1. The molecule has 1 aliphatic rings. The third-order valence-electron chi connectivity index (χ3n) is 4.53. The Hall–Kier alpha value is -3.62. The largest absolute Gasteiger partial charge is 0.353 e. The topological polar surface area (TPSA) is 100 Å². The van der Waals surface area contributed by atoms with E-state index < -0.39 is 0 Å². The molecule has 1 saturated heterocycles. The van der Waals surface area contributed by atoms with Crippen LogP contribution in [-0.4, -0.2) is 57.0 Å². The van der Waals surface area contributed by atoms with Gasteiger partial charge >= 0.3 is 0 Å². The standard InChI is InChI=1S/C19H20N8O/c28-18(23-13-15-2-6-20-7-3-15)16-12-17(25-14-24-16)26-8-10-27(11-9-26)19-21-4-1-5-22-19/h1-7,12,14H,8-11,13H2,(H,23,28). The molecule has 0 bridgehead atoms. The number of hydrogen-bond acceptors (Lipinski definition) is 8. The zero-order valence-electron chi connectivity index (χ0n) is 15.3. The molecule has 28 heavy (non-hydrogen) atoms. The lowest BCUT2D eigenvalue weighted by molar-refractivity contribution is 0.0945. The molecular formula is C19H20N8O. The van der Waals surface area contributed by atoms with Crippen LogP contribution in [0.3, 0.4) is 0 Å². The third kappa shape index (κ3) is 4.20. The Morgan fingerprint density at radius 2 is 1.64 bits per heavy atom. The minimum atomic E-state index is -0.225. The quantitative estimate of drug-likeness (QED) is 0.702. The Balaban J connectivity index is 1.37. The second-order valence-electron chi connectivity index (χ2n) is 6.32. The minimum absolute atomic E-state index is 0.225. The summed E-state index contributed by atoms with van der Waals surface area (Å²) >= 11 is 0. The maximum Gasteiger partial charge on any atom is 0.270 e. The highest BCUT2D eigenvalue weighted by molar-refractivity contribution is 5.92. The molecule has 0 aromatic carbocycles. The van der Waals surface area contributed by atoms with E-state index in [0.717, 1.165) is 43.5 Å². The predicted octanol–water partition coefficient (Wildman–Crippen LogP) is 0.918. The molecule has 0 atom stereocenters. The van der Waals surface area contributed by atoms with E-state index in [-0.39, 0.29) is 5.91 Å². The van der Waals surface area contributed by atoms with Gasteiger partial charge in [-0.15, -0.1) is 0 Å². The van der Waals surface area contributed by atoms with E-state index in [0.29, 0.717) is 12.2 Å². The number of carbonyl (C=O) groups is 1. The van der Waals surface area contributed by atoms with Crippen molar-refractivity contribution in [3.8, 4) is 0 Å². The number of pyridine rings is 1. The summed E-state index contributed by atoms with van der Waals surface area (Å²) in [5.74, 6) is 1.26. The molecular weight excluding hydrogens is 356 g/mol. The maximum absolute atomic E-state index is 12.4. The van der Waals surface area contributed by atoms with Gasteiger partial charge in [-0.1, -0.05) is 0 Å². The zero-order chi connectivity index (χ0) is 19.2. The van der Waals surface area contributed by atoms with Crippen molar-refractivity contribution >= 4 is 17.7 Å². The average molecular weight is 376 g/mol. The van der Waals surface area contributed by atoms with Gasteiger partial charge in [-0.2, -0.15) is 0 Å². The highest BCUT2D eigenvalue weighted by atomic mass is 16.1. The average Bonchev–Trinajstić information content (AvgIpc) is 2.79. The zero-order valence-corrected chi connectivity index (χ0v) is 15.3. The van der Waals surface area contributed by atoms with Crippen LogP contribution in [-0.2, 0) is 6.54 Å². The number of aromatic nitrogens is 5. The van der Waals surface area contributed by atoms with E-state index in [4.69, 9.17) is 0 Å². The molecule has 4 heterocycles. The van der Waals surface area contributed by atoms with Gasteiger partial charge in [-0.25, -0.2) is 19.9 Å². The molecule has 1 N–H and O–H groups in total. The Morgan fingerprint density at radius 1 is 0.929 bits per heavy atom. The van der Waals surface area contributed by atoms with Crippen molar-refractivity contribution in [3.05, 3.63) is 66.6 Å². The van der Waals surface area contributed by atoms with Gasteiger partial charge in [-0.3, -0.25) is 9.78 Å². The van der Waals surface area contributed by atoms with Crippen molar-refractivity contribution in [1.29, 1.82) is 0 Å². The van der Waals surface area contributed by atoms with Gasteiger partial charge in [0.2, 0.25) is 5.95 Å². The van der Waals surface area contributed by atoms with Crippen LogP contribution in [0.5, 0.6) is 0 Å². The predicted molar refractivity (Wildman–Crippen MR) is 104 cm³/mol. The van der Waals surface area contributed by atoms with Crippen molar-refractivity contribution in [2.45, 2.75) is 6.54 Å². The van der Waals surface area contributed by atoms with Gasteiger partial charge in [0.05, 0.1) is 0 Å². The van der Waals surface area contributed by atoms with Crippen LogP contribution in [0, 0.1) is 0 Å². The summed E-state index contributed by atoms with van der Waals surface area (Å²) in [5, 5.41) is 2.87. The van der Waals surface area contributed by atoms with Crippen LogP contribution in [0.1, 0.15) is 16.1 Å². The first-order valence-electron chi connectivity index (χ1n) is 9.06. The molecule has 4 rings (SSSR count). The summed E-state index contributed by atoms with van der Waals surface area (Å²) in [4.78, 5) is 37.7. The highest BCUT2D eigenvalue weighted by Crippen LogP contribution is 2.16. The summed E-state index contributed by atoms with van der Waals surface area (Å²) in [5.41, 5.74) is 1.34. The number of rotatable bonds is 5. The Kier molecular flexibility index (Phi) is 5.32. The van der Waals surface area contributed by atoms with E-state index in [1.54, 1.807) is 30.9 Å². The summed E-state index contributed by atoms with van der Waals surface area (Å²) in [6.07, 6.45) is 8.32. The first kappa shape index (κ1) is 17.8. The first-order chi connectivity index (χ1) is 13.8. The molecule has 3 aromatic rings. The van der Waals surface area contributed by atoms with Crippen molar-refractivity contribution in [2.75, 3.05) is 36.0 Å². The third-order valence-corrected chi connectivity index (χ3v) is 4.53. The van der Waals surface area contributed by atoms with Crippen LogP contribution in [0.15, 0.2) is 55.4 Å². The van der Waals surface area contributed by atoms with E-state index in [2.05, 4.69) is 40.0 Å². The van der Waals surface area contributed by atoms with Crippen molar-refractivity contribution in [3.63, 3.8) is 0 Å². The maximum atomic E-state index is 12.4. The second-order valence-corrected chi connectivity index (χ2v) is 6.32. The molecule has 0 saturated carbocycles. The fourth-order valence-corrected chi connectivity index (χ4v) is 3.01. The minimum Gasteiger partial charge on any atom is -0.353 e. The van der Waals surface area contributed by atoms with Gasteiger partial charge in [0.1, 0.15) is 17.8 Å². The fraction of sp³-hybridized carbons (Fsp3) is 0.263. The number of hydrogen-bond donors (Lipinski definition) is 1. The molecule has 9 heteroatoms. The monoisotopic (exact) mass is 376 g/mol. The molecule has 1 amide bonds. The first-order valence-corrected chi connectivity index (χ1v) is 9.06. The van der Waals surface area contributed by atoms with Crippen molar-refractivity contribution in [1.82, 2.24) is 30.2 Å². The lowest BCUT2D eigenvalue weighted by Crippen LogP contribution is -2.47. The summed E-state index contributed by atoms with van der Waals surface area (Å²) in [6, 6.07) is 7.27. The van der Waals surface area contributed by atoms with E-state index in [1.807, 2.05) is 18.2 Å². The normalized spacial score (nSPS) is 14.0. The summed E-state index contributed by atoms with van der Waals surface area (Å²) in [7, 11) is 0. The smallest absolute Gasteiger partial charge is 0.270 e. The molecule has 0 unspecified atom stereocenters. The number of carbonyl (C=O) groups excluding carboxylic acids is 1. The van der Waals surface area contributed by atoms with Gasteiger partial charge < -0.3 is 15.1 Å². The van der Waals surface area contributed by atoms with E-state index in [9.17, 15) is 4.79 Å². The van der Waals surface area contributed by atoms with Crippen LogP contribution in [0.4, 0.5) is 11.8 Å².